The van der Waals surface area contributed by atoms with Crippen molar-refractivity contribution >= 4 is 7.60 Å². The first-order valence-corrected chi connectivity index (χ1v) is 5.52. The molecule has 0 amide bonds. The molecule has 0 aliphatic heterocycles. The third kappa shape index (κ3) is 6.18. The highest BCUT2D eigenvalue weighted by Gasteiger charge is 2.14. The van der Waals surface area contributed by atoms with Gasteiger partial charge < -0.3 is 4.52 Å². The van der Waals surface area contributed by atoms with Crippen molar-refractivity contribution in [3.05, 3.63) is 12.7 Å². The molecule has 3 nitrogen and oxygen atoms in total. The van der Waals surface area contributed by atoms with Crippen molar-refractivity contribution in [2.75, 3.05) is 19.9 Å². The lowest BCUT2D eigenvalue weighted by Gasteiger charge is -2.11. The summed E-state index contributed by atoms with van der Waals surface area (Å²) in [6.45, 7) is 5.26. The van der Waals surface area contributed by atoms with Crippen LogP contribution in [0, 0.1) is 12.3 Å². The van der Waals surface area contributed by atoms with Crippen LogP contribution >= 0.6 is 7.60 Å². The fraction of sp³-hybridized carbons (Fsp3) is 0.500. The fourth-order valence-corrected chi connectivity index (χ4v) is 1.31. The van der Waals surface area contributed by atoms with Gasteiger partial charge in [-0.2, -0.15) is 0 Å². The molecular formula is C8H13O3P. The van der Waals surface area contributed by atoms with E-state index in [0.717, 1.165) is 0 Å². The molecule has 12 heavy (non-hydrogen) atoms. The highest BCUT2D eigenvalue weighted by molar-refractivity contribution is 7.52. The molecule has 0 aromatic heterocycles. The Bertz CT molecular complexity index is 217. The van der Waals surface area contributed by atoms with Gasteiger partial charge in [-0.25, -0.2) is 0 Å². The van der Waals surface area contributed by atoms with Gasteiger partial charge in [-0.15, -0.1) is 13.0 Å². The fourth-order valence-electron chi connectivity index (χ4n) is 0.494. The zero-order chi connectivity index (χ0) is 9.45. The van der Waals surface area contributed by atoms with E-state index in [2.05, 4.69) is 12.5 Å². The summed E-state index contributed by atoms with van der Waals surface area (Å²) in [4.78, 5) is 0. The first-order valence-electron chi connectivity index (χ1n) is 3.53. The van der Waals surface area contributed by atoms with E-state index in [-0.39, 0.29) is 6.61 Å². The van der Waals surface area contributed by atoms with Crippen LogP contribution in [0.1, 0.15) is 6.42 Å². The largest absolute Gasteiger partial charge is 0.328 e. The second-order valence-electron chi connectivity index (χ2n) is 2.16. The monoisotopic (exact) mass is 188 g/mol. The van der Waals surface area contributed by atoms with E-state index in [1.165, 1.54) is 6.66 Å². The van der Waals surface area contributed by atoms with E-state index in [1.54, 1.807) is 6.08 Å². The molecule has 0 rings (SSSR count). The first-order chi connectivity index (χ1) is 5.62. The van der Waals surface area contributed by atoms with Gasteiger partial charge in [0.1, 0.15) is 6.61 Å². The molecule has 0 radical (unpaired) electrons. The van der Waals surface area contributed by atoms with Crippen LogP contribution in [-0.2, 0) is 13.6 Å². The average Bonchev–Trinajstić information content (AvgIpc) is 2.01. The van der Waals surface area contributed by atoms with Crippen molar-refractivity contribution in [1.29, 1.82) is 0 Å². The van der Waals surface area contributed by atoms with Crippen LogP contribution in [0.4, 0.5) is 0 Å². The van der Waals surface area contributed by atoms with Crippen LogP contribution in [0.2, 0.25) is 0 Å². The van der Waals surface area contributed by atoms with Crippen molar-refractivity contribution in [1.82, 2.24) is 0 Å². The molecule has 0 N–H and O–H groups in total. The van der Waals surface area contributed by atoms with E-state index in [9.17, 15) is 4.57 Å². The van der Waals surface area contributed by atoms with Gasteiger partial charge in [-0.3, -0.25) is 9.09 Å². The second-order valence-corrected chi connectivity index (χ2v) is 4.22. The molecule has 0 fully saturated rings. The number of hydrogen-bond acceptors (Lipinski definition) is 3. The normalized spacial score (nSPS) is 14.7. The Balaban J connectivity index is 3.65. The SMILES string of the molecule is C#CCOP(C)(=O)OCCC=C. The third-order valence-electron chi connectivity index (χ3n) is 1.03. The number of terminal acetylenes is 1. The topological polar surface area (TPSA) is 35.5 Å². The van der Waals surface area contributed by atoms with E-state index >= 15 is 0 Å². The molecule has 0 saturated carbocycles. The zero-order valence-corrected chi connectivity index (χ0v) is 8.05. The van der Waals surface area contributed by atoms with Gasteiger partial charge >= 0.3 is 7.60 Å². The summed E-state index contributed by atoms with van der Waals surface area (Å²) >= 11 is 0. The average molecular weight is 188 g/mol. The summed E-state index contributed by atoms with van der Waals surface area (Å²) in [5.74, 6) is 2.22. The van der Waals surface area contributed by atoms with Crippen LogP contribution in [-0.4, -0.2) is 19.9 Å². The lowest BCUT2D eigenvalue weighted by atomic mass is 10.5. The van der Waals surface area contributed by atoms with Crippen molar-refractivity contribution in [2.45, 2.75) is 6.42 Å². The maximum atomic E-state index is 11.3. The Labute approximate surface area is 73.3 Å². The van der Waals surface area contributed by atoms with Crippen molar-refractivity contribution in [3.8, 4) is 12.3 Å². The van der Waals surface area contributed by atoms with Gasteiger partial charge in [-0.05, 0) is 6.42 Å². The van der Waals surface area contributed by atoms with E-state index < -0.39 is 7.60 Å². The summed E-state index contributed by atoms with van der Waals surface area (Å²) < 4.78 is 21.0. The highest BCUT2D eigenvalue weighted by Crippen LogP contribution is 2.43. The van der Waals surface area contributed by atoms with Gasteiger partial charge in [0, 0.05) is 6.66 Å². The molecule has 0 aromatic carbocycles. The highest BCUT2D eigenvalue weighted by atomic mass is 31.2. The van der Waals surface area contributed by atoms with Crippen LogP contribution < -0.4 is 0 Å². The van der Waals surface area contributed by atoms with Gasteiger partial charge in [0.05, 0.1) is 6.61 Å². The maximum Gasteiger partial charge on any atom is 0.328 e. The molecule has 0 aromatic rings. The summed E-state index contributed by atoms with van der Waals surface area (Å²) in [7, 11) is -2.93. The minimum absolute atomic E-state index is 0.0157. The molecule has 0 saturated heterocycles. The molecule has 0 aliphatic rings. The van der Waals surface area contributed by atoms with E-state index in [0.29, 0.717) is 13.0 Å². The Morgan fingerprint density at radius 1 is 1.67 bits per heavy atom. The third-order valence-corrected chi connectivity index (χ3v) is 2.28. The van der Waals surface area contributed by atoms with Crippen LogP contribution in [0.5, 0.6) is 0 Å². The van der Waals surface area contributed by atoms with E-state index in [4.69, 9.17) is 15.5 Å². The van der Waals surface area contributed by atoms with Crippen LogP contribution in [0.3, 0.4) is 0 Å². The Hall–Kier alpha value is -0.550. The zero-order valence-electron chi connectivity index (χ0n) is 7.16. The molecule has 0 aliphatic carbocycles. The first kappa shape index (κ1) is 11.4. The van der Waals surface area contributed by atoms with E-state index in [1.807, 2.05) is 0 Å². The van der Waals surface area contributed by atoms with Crippen LogP contribution in [0.25, 0.3) is 0 Å². The summed E-state index contributed by atoms with van der Waals surface area (Å²) in [5.41, 5.74) is 0. The lowest BCUT2D eigenvalue weighted by Crippen LogP contribution is -1.95. The molecule has 0 bridgehead atoms. The quantitative estimate of drug-likeness (QED) is 0.277. The minimum atomic E-state index is -2.93. The summed E-state index contributed by atoms with van der Waals surface area (Å²) in [6.07, 6.45) is 7.25. The van der Waals surface area contributed by atoms with Gasteiger partial charge in [0.15, 0.2) is 0 Å². The van der Waals surface area contributed by atoms with Crippen LogP contribution in [0.15, 0.2) is 12.7 Å². The Kier molecular flexibility index (Phi) is 5.74. The van der Waals surface area contributed by atoms with Crippen molar-refractivity contribution < 1.29 is 13.6 Å². The molecule has 1 atom stereocenters. The molecular weight excluding hydrogens is 175 g/mol. The smallest absolute Gasteiger partial charge is 0.308 e. The Morgan fingerprint density at radius 2 is 2.33 bits per heavy atom. The predicted molar refractivity (Wildman–Crippen MR) is 49.1 cm³/mol. The predicted octanol–water partition coefficient (Wildman–Crippen LogP) is 2.05. The molecule has 1 unspecified atom stereocenters. The van der Waals surface area contributed by atoms with Crippen molar-refractivity contribution in [2.24, 2.45) is 0 Å². The number of rotatable bonds is 6. The second kappa shape index (κ2) is 6.02. The maximum absolute atomic E-state index is 11.3. The molecule has 0 heterocycles. The Morgan fingerprint density at radius 3 is 2.83 bits per heavy atom. The van der Waals surface area contributed by atoms with Gasteiger partial charge in [0.25, 0.3) is 0 Å². The number of hydrogen-bond donors (Lipinski definition) is 0. The lowest BCUT2D eigenvalue weighted by molar-refractivity contribution is 0.229. The molecule has 4 heteroatoms. The summed E-state index contributed by atoms with van der Waals surface area (Å²) in [5, 5.41) is 0. The standard InChI is InChI=1S/C8H13O3P/c1-4-6-8-11-12(3,9)10-7-5-2/h2,4H,1,6-8H2,3H3. The summed E-state index contributed by atoms with van der Waals surface area (Å²) in [6, 6.07) is 0. The minimum Gasteiger partial charge on any atom is -0.308 e. The van der Waals surface area contributed by atoms with Gasteiger partial charge in [0.2, 0.25) is 0 Å². The van der Waals surface area contributed by atoms with Gasteiger partial charge in [-0.1, -0.05) is 12.0 Å². The molecule has 68 valence electrons. The van der Waals surface area contributed by atoms with Crippen molar-refractivity contribution in [3.63, 3.8) is 0 Å². The molecule has 0 spiro atoms.